The van der Waals surface area contributed by atoms with Crippen molar-refractivity contribution in [2.75, 3.05) is 43.9 Å². The largest absolute Gasteiger partial charge is 0.354 e. The van der Waals surface area contributed by atoms with Crippen LogP contribution in [0.4, 0.5) is 5.82 Å². The molecule has 0 saturated carbocycles. The van der Waals surface area contributed by atoms with Crippen LogP contribution in [0.25, 0.3) is 22.0 Å². The fourth-order valence-corrected chi connectivity index (χ4v) is 4.02. The van der Waals surface area contributed by atoms with Gasteiger partial charge in [0.2, 0.25) is 0 Å². The summed E-state index contributed by atoms with van der Waals surface area (Å²) >= 11 is 1.77. The molecule has 28 heavy (non-hydrogen) atoms. The monoisotopic (exact) mass is 435 g/mol. The third-order valence-corrected chi connectivity index (χ3v) is 5.97. The second-order valence-electron chi connectivity index (χ2n) is 6.70. The van der Waals surface area contributed by atoms with Gasteiger partial charge < -0.3 is 9.80 Å². The highest BCUT2D eigenvalue weighted by molar-refractivity contribution is 7.98. The van der Waals surface area contributed by atoms with Crippen LogP contribution in [0.2, 0.25) is 0 Å². The summed E-state index contributed by atoms with van der Waals surface area (Å²) in [7, 11) is 0. The lowest BCUT2D eigenvalue weighted by atomic mass is 10.1. The van der Waals surface area contributed by atoms with Gasteiger partial charge in [0, 0.05) is 42.0 Å². The van der Waals surface area contributed by atoms with E-state index >= 15 is 0 Å². The summed E-state index contributed by atoms with van der Waals surface area (Å²) in [4.78, 5) is 11.3. The zero-order chi connectivity index (χ0) is 17.9. The van der Waals surface area contributed by atoms with Crippen LogP contribution < -0.4 is 4.90 Å². The fraction of sp³-hybridized carbons (Fsp3) is 0.318. The number of likely N-dealkylation sites (N-methyl/N-ethyl adjacent to an activating group) is 1. The molecule has 0 bridgehead atoms. The lowest BCUT2D eigenvalue weighted by molar-refractivity contribution is 0.271. The van der Waals surface area contributed by atoms with Gasteiger partial charge in [-0.15, -0.1) is 36.6 Å². The van der Waals surface area contributed by atoms with Gasteiger partial charge in [-0.1, -0.05) is 43.3 Å². The molecule has 150 valence electrons. The van der Waals surface area contributed by atoms with Crippen LogP contribution in [-0.2, 0) is 0 Å². The Morgan fingerprint density at radius 1 is 0.929 bits per heavy atom. The van der Waals surface area contributed by atoms with Gasteiger partial charge in [0.25, 0.3) is 0 Å². The number of hydrogen-bond donors (Lipinski definition) is 0. The number of fused-ring (bicyclic) bond motifs is 1. The standard InChI is InChI=1S/C22H25N3S.2ClH/c1-3-24-12-14-25(15-13-24)22-20-7-5-4-6-18(20)16-21(23-22)17-8-10-19(26-2)11-9-17;;/h4-11,16H,3,12-15H2,1-2H3;2*1H. The molecule has 0 unspecified atom stereocenters. The van der Waals surface area contributed by atoms with Crippen molar-refractivity contribution < 1.29 is 0 Å². The summed E-state index contributed by atoms with van der Waals surface area (Å²) in [5.41, 5.74) is 2.24. The third-order valence-electron chi connectivity index (χ3n) is 5.23. The van der Waals surface area contributed by atoms with Gasteiger partial charge >= 0.3 is 0 Å². The van der Waals surface area contributed by atoms with E-state index in [0.29, 0.717) is 0 Å². The second-order valence-corrected chi connectivity index (χ2v) is 7.58. The second kappa shape index (κ2) is 10.4. The van der Waals surface area contributed by atoms with Crippen molar-refractivity contribution in [1.29, 1.82) is 0 Å². The van der Waals surface area contributed by atoms with E-state index in [4.69, 9.17) is 4.98 Å². The van der Waals surface area contributed by atoms with E-state index in [-0.39, 0.29) is 24.8 Å². The lowest BCUT2D eigenvalue weighted by Crippen LogP contribution is -2.46. The minimum atomic E-state index is 0. The highest BCUT2D eigenvalue weighted by Gasteiger charge is 2.19. The summed E-state index contributed by atoms with van der Waals surface area (Å²) in [6.45, 7) is 7.67. The van der Waals surface area contributed by atoms with Crippen LogP contribution in [0, 0.1) is 0 Å². The molecule has 6 heteroatoms. The zero-order valence-electron chi connectivity index (χ0n) is 16.3. The number of piperazine rings is 1. The molecule has 0 atom stereocenters. The molecular weight excluding hydrogens is 409 g/mol. The molecule has 0 radical (unpaired) electrons. The summed E-state index contributed by atoms with van der Waals surface area (Å²) in [5.74, 6) is 1.13. The molecule has 3 aromatic rings. The average Bonchev–Trinajstić information content (AvgIpc) is 2.73. The van der Waals surface area contributed by atoms with Crippen LogP contribution in [0.1, 0.15) is 6.92 Å². The van der Waals surface area contributed by atoms with Crippen molar-refractivity contribution in [2.45, 2.75) is 11.8 Å². The average molecular weight is 436 g/mol. The Bertz CT molecular complexity index is 894. The Balaban J connectivity index is 0.00000140. The molecule has 2 aromatic carbocycles. The third kappa shape index (κ3) is 4.74. The molecule has 0 spiro atoms. The molecule has 2 heterocycles. The number of rotatable bonds is 4. The first-order chi connectivity index (χ1) is 12.8. The number of benzene rings is 2. The fourth-order valence-electron chi connectivity index (χ4n) is 3.61. The lowest BCUT2D eigenvalue weighted by Gasteiger charge is -2.35. The molecule has 1 saturated heterocycles. The van der Waals surface area contributed by atoms with Crippen LogP contribution in [0.3, 0.4) is 0 Å². The maximum absolute atomic E-state index is 5.10. The number of halogens is 2. The summed E-state index contributed by atoms with van der Waals surface area (Å²) in [5, 5.41) is 2.52. The van der Waals surface area contributed by atoms with E-state index in [1.807, 2.05) is 0 Å². The van der Waals surface area contributed by atoms with Gasteiger partial charge in [0.05, 0.1) is 5.69 Å². The predicted molar refractivity (Wildman–Crippen MR) is 128 cm³/mol. The molecular formula is C22H27Cl2N3S. The van der Waals surface area contributed by atoms with E-state index < -0.39 is 0 Å². The molecule has 1 aliphatic rings. The topological polar surface area (TPSA) is 19.4 Å². The molecule has 1 aromatic heterocycles. The summed E-state index contributed by atoms with van der Waals surface area (Å²) < 4.78 is 0. The van der Waals surface area contributed by atoms with Gasteiger partial charge in [0.15, 0.2) is 0 Å². The van der Waals surface area contributed by atoms with Gasteiger partial charge in [-0.25, -0.2) is 4.98 Å². The number of thioether (sulfide) groups is 1. The van der Waals surface area contributed by atoms with Crippen LogP contribution >= 0.6 is 36.6 Å². The highest BCUT2D eigenvalue weighted by Crippen LogP contribution is 2.31. The number of nitrogens with zero attached hydrogens (tertiary/aromatic N) is 3. The van der Waals surface area contributed by atoms with Gasteiger partial charge in [-0.3, -0.25) is 0 Å². The highest BCUT2D eigenvalue weighted by atomic mass is 35.5. The number of hydrogen-bond acceptors (Lipinski definition) is 4. The number of anilines is 1. The van der Waals surface area contributed by atoms with E-state index in [2.05, 4.69) is 77.6 Å². The normalized spacial score (nSPS) is 14.4. The molecule has 0 aliphatic carbocycles. The maximum Gasteiger partial charge on any atom is 0.137 e. The summed E-state index contributed by atoms with van der Waals surface area (Å²) in [6.07, 6.45) is 2.11. The van der Waals surface area contributed by atoms with Crippen LogP contribution in [0.5, 0.6) is 0 Å². The van der Waals surface area contributed by atoms with E-state index in [1.165, 1.54) is 21.2 Å². The molecule has 0 amide bonds. The van der Waals surface area contributed by atoms with Crippen molar-refractivity contribution in [3.8, 4) is 11.3 Å². The molecule has 1 aliphatic heterocycles. The van der Waals surface area contributed by atoms with Crippen molar-refractivity contribution in [3.05, 3.63) is 54.6 Å². The Kier molecular flexibility index (Phi) is 8.44. The molecule has 3 nitrogen and oxygen atoms in total. The SMILES string of the molecule is CCN1CCN(c2nc(-c3ccc(SC)cc3)cc3ccccc23)CC1.Cl.Cl. The van der Waals surface area contributed by atoms with Gasteiger partial charge in [0.1, 0.15) is 5.82 Å². The first-order valence-electron chi connectivity index (χ1n) is 9.30. The van der Waals surface area contributed by atoms with Crippen molar-refractivity contribution in [3.63, 3.8) is 0 Å². The Hall–Kier alpha value is -1.46. The summed E-state index contributed by atoms with van der Waals surface area (Å²) in [6, 6.07) is 19.6. The molecule has 1 fully saturated rings. The van der Waals surface area contributed by atoms with Crippen LogP contribution in [-0.4, -0.2) is 48.9 Å². The first kappa shape index (κ1) is 22.8. The zero-order valence-corrected chi connectivity index (χ0v) is 18.7. The minimum absolute atomic E-state index is 0. The quantitative estimate of drug-likeness (QED) is 0.495. The Morgan fingerprint density at radius 3 is 2.25 bits per heavy atom. The van der Waals surface area contributed by atoms with Crippen molar-refractivity contribution in [2.24, 2.45) is 0 Å². The van der Waals surface area contributed by atoms with Crippen LogP contribution in [0.15, 0.2) is 59.5 Å². The maximum atomic E-state index is 5.10. The van der Waals surface area contributed by atoms with Crippen molar-refractivity contribution >= 4 is 53.2 Å². The van der Waals surface area contributed by atoms with Gasteiger partial charge in [-0.05, 0) is 36.4 Å². The Labute approximate surface area is 184 Å². The molecule has 4 rings (SSSR count). The van der Waals surface area contributed by atoms with E-state index in [9.17, 15) is 0 Å². The smallest absolute Gasteiger partial charge is 0.137 e. The molecule has 0 N–H and O–H groups in total. The van der Waals surface area contributed by atoms with E-state index in [0.717, 1.165) is 44.2 Å². The van der Waals surface area contributed by atoms with Crippen molar-refractivity contribution in [1.82, 2.24) is 9.88 Å². The Morgan fingerprint density at radius 2 is 1.61 bits per heavy atom. The number of aromatic nitrogens is 1. The predicted octanol–water partition coefficient (Wildman–Crippen LogP) is 5.61. The number of pyridine rings is 1. The minimum Gasteiger partial charge on any atom is -0.354 e. The first-order valence-corrected chi connectivity index (χ1v) is 10.5. The van der Waals surface area contributed by atoms with Gasteiger partial charge in [-0.2, -0.15) is 0 Å². The van der Waals surface area contributed by atoms with E-state index in [1.54, 1.807) is 11.8 Å².